The largest absolute Gasteiger partial charge is 0.398 e. The van der Waals surface area contributed by atoms with Crippen LogP contribution in [0.1, 0.15) is 21.2 Å². The van der Waals surface area contributed by atoms with E-state index >= 15 is 0 Å². The molecule has 25 heavy (non-hydrogen) atoms. The average Bonchev–Trinajstić information content (AvgIpc) is 3.09. The van der Waals surface area contributed by atoms with Crippen LogP contribution in [0, 0.1) is 19.7 Å². The minimum Gasteiger partial charge on any atom is -0.398 e. The van der Waals surface area contributed by atoms with E-state index in [1.165, 1.54) is 17.4 Å². The summed E-state index contributed by atoms with van der Waals surface area (Å²) in [6, 6.07) is 2.54. The van der Waals surface area contributed by atoms with Gasteiger partial charge >= 0.3 is 0 Å². The summed E-state index contributed by atoms with van der Waals surface area (Å²) in [6.45, 7) is 3.63. The molecule has 0 aliphatic heterocycles. The molecule has 3 rings (SSSR count). The van der Waals surface area contributed by atoms with E-state index in [9.17, 15) is 9.18 Å². The van der Waals surface area contributed by atoms with Crippen molar-refractivity contribution >= 4 is 40.5 Å². The number of thiazole rings is 1. The Morgan fingerprint density at radius 1 is 1.36 bits per heavy atom. The van der Waals surface area contributed by atoms with Crippen molar-refractivity contribution in [2.75, 3.05) is 11.1 Å². The highest BCUT2D eigenvalue weighted by atomic mass is 32.2. The van der Waals surface area contributed by atoms with Crippen molar-refractivity contribution in [2.45, 2.75) is 23.9 Å². The number of nitrogens with zero attached hydrogens (tertiary/aromatic N) is 4. The molecular weight excluding hydrogens is 363 g/mol. The number of benzene rings is 1. The van der Waals surface area contributed by atoms with Gasteiger partial charge in [-0.25, -0.2) is 9.37 Å². The number of hydrogen-bond acceptors (Lipinski definition) is 7. The minimum atomic E-state index is -0.524. The molecular formula is C15H15FN6OS2. The molecule has 1 aromatic carbocycles. The molecule has 3 N–H and O–H groups in total. The third-order valence-electron chi connectivity index (χ3n) is 3.46. The van der Waals surface area contributed by atoms with Gasteiger partial charge < -0.3 is 15.6 Å². The first-order valence-electron chi connectivity index (χ1n) is 7.21. The number of carbonyl (C=O) groups excluding carboxylic acids is 1. The van der Waals surface area contributed by atoms with Crippen LogP contribution >= 0.6 is 23.1 Å². The van der Waals surface area contributed by atoms with Gasteiger partial charge in [-0.1, -0.05) is 0 Å². The zero-order chi connectivity index (χ0) is 18.1. The number of nitrogens with two attached hydrogens (primary N) is 1. The molecule has 0 saturated carbocycles. The number of aromatic nitrogens is 4. The van der Waals surface area contributed by atoms with Gasteiger partial charge in [0, 0.05) is 18.1 Å². The fraction of sp³-hybridized carbons (Fsp3) is 0.200. The summed E-state index contributed by atoms with van der Waals surface area (Å²) in [5.74, 6) is 0.174. The highest BCUT2D eigenvalue weighted by Gasteiger charge is 2.18. The number of nitrogen functional groups attached to an aromatic ring is 1. The first-order chi connectivity index (χ1) is 11.8. The van der Waals surface area contributed by atoms with Crippen LogP contribution < -0.4 is 11.1 Å². The predicted octanol–water partition coefficient (Wildman–Crippen LogP) is 3.01. The van der Waals surface area contributed by atoms with E-state index in [0.717, 1.165) is 22.8 Å². The van der Waals surface area contributed by atoms with Gasteiger partial charge in [-0.2, -0.15) is 0 Å². The summed E-state index contributed by atoms with van der Waals surface area (Å²) in [7, 11) is 1.78. The molecule has 2 heterocycles. The monoisotopic (exact) mass is 378 g/mol. The fourth-order valence-electron chi connectivity index (χ4n) is 2.02. The van der Waals surface area contributed by atoms with Crippen molar-refractivity contribution in [1.82, 2.24) is 19.7 Å². The van der Waals surface area contributed by atoms with Gasteiger partial charge in [-0.3, -0.25) is 4.79 Å². The summed E-state index contributed by atoms with van der Waals surface area (Å²) in [5.41, 5.74) is 6.05. The normalized spacial score (nSPS) is 10.9. The van der Waals surface area contributed by atoms with Gasteiger partial charge in [-0.05, 0) is 37.7 Å². The van der Waals surface area contributed by atoms with Crippen LogP contribution in [0.3, 0.4) is 0 Å². The van der Waals surface area contributed by atoms with E-state index in [-0.39, 0.29) is 16.1 Å². The predicted molar refractivity (Wildman–Crippen MR) is 95.5 cm³/mol. The molecule has 0 atom stereocenters. The van der Waals surface area contributed by atoms with Crippen molar-refractivity contribution in [3.05, 3.63) is 39.7 Å². The molecule has 0 unspecified atom stereocenters. The molecule has 0 radical (unpaired) electrons. The Morgan fingerprint density at radius 3 is 2.72 bits per heavy atom. The van der Waals surface area contributed by atoms with E-state index in [0.29, 0.717) is 16.8 Å². The molecule has 0 saturated heterocycles. The number of hydrogen-bond donors (Lipinski definition) is 2. The lowest BCUT2D eigenvalue weighted by Crippen LogP contribution is -2.15. The van der Waals surface area contributed by atoms with Crippen LogP contribution in [0.4, 0.5) is 15.9 Å². The number of carbonyl (C=O) groups is 1. The summed E-state index contributed by atoms with van der Waals surface area (Å²) in [5, 5.41) is 13.7. The van der Waals surface area contributed by atoms with Crippen molar-refractivity contribution in [1.29, 1.82) is 0 Å². The lowest BCUT2D eigenvalue weighted by molar-refractivity contribution is 0.102. The maximum Gasteiger partial charge on any atom is 0.258 e. The second-order valence-corrected chi connectivity index (χ2v) is 7.34. The Balaban J connectivity index is 1.89. The maximum atomic E-state index is 14.2. The number of amides is 1. The van der Waals surface area contributed by atoms with Gasteiger partial charge in [0.1, 0.15) is 17.5 Å². The first kappa shape index (κ1) is 17.4. The van der Waals surface area contributed by atoms with Crippen LogP contribution in [0.25, 0.3) is 0 Å². The number of anilines is 2. The highest BCUT2D eigenvalue weighted by molar-refractivity contribution is 7.99. The SMILES string of the molecule is Cc1nc(NC(=O)c2cc(Sc3nnc(C)n3C)c(F)cc2N)cs1. The molecule has 3 aromatic rings. The lowest BCUT2D eigenvalue weighted by atomic mass is 10.1. The van der Waals surface area contributed by atoms with Gasteiger partial charge in [0.2, 0.25) is 0 Å². The van der Waals surface area contributed by atoms with E-state index in [1.807, 2.05) is 6.92 Å². The quantitative estimate of drug-likeness (QED) is 0.677. The summed E-state index contributed by atoms with van der Waals surface area (Å²) < 4.78 is 16.0. The zero-order valence-corrected chi connectivity index (χ0v) is 15.3. The smallest absolute Gasteiger partial charge is 0.258 e. The Kier molecular flexibility index (Phi) is 4.73. The van der Waals surface area contributed by atoms with Gasteiger partial charge in [0.05, 0.1) is 15.5 Å². The van der Waals surface area contributed by atoms with Crippen molar-refractivity contribution in [2.24, 2.45) is 7.05 Å². The topological polar surface area (TPSA) is 98.7 Å². The van der Waals surface area contributed by atoms with E-state index < -0.39 is 11.7 Å². The van der Waals surface area contributed by atoms with Crippen LogP contribution in [0.5, 0.6) is 0 Å². The fourth-order valence-corrected chi connectivity index (χ4v) is 3.45. The Hall–Kier alpha value is -2.46. The number of rotatable bonds is 4. The van der Waals surface area contributed by atoms with Crippen LogP contribution in [-0.4, -0.2) is 25.7 Å². The van der Waals surface area contributed by atoms with Crippen molar-refractivity contribution < 1.29 is 9.18 Å². The van der Waals surface area contributed by atoms with Crippen molar-refractivity contribution in [3.63, 3.8) is 0 Å². The lowest BCUT2D eigenvalue weighted by Gasteiger charge is -2.09. The molecule has 0 aliphatic carbocycles. The Labute approximate surface area is 151 Å². The van der Waals surface area contributed by atoms with Gasteiger partial charge in [0.15, 0.2) is 5.16 Å². The molecule has 0 bridgehead atoms. The van der Waals surface area contributed by atoms with Gasteiger partial charge in [0.25, 0.3) is 5.91 Å². The van der Waals surface area contributed by atoms with Crippen LogP contribution in [-0.2, 0) is 7.05 Å². The standard InChI is InChI=1S/C15H15FN6OS2/c1-7-20-21-15(22(7)3)25-12-4-9(11(17)5-10(12)16)14(23)19-13-6-24-8(2)18-13/h4-6H,17H2,1-3H3,(H,19,23). The molecule has 130 valence electrons. The van der Waals surface area contributed by atoms with E-state index in [2.05, 4.69) is 20.5 Å². The maximum absolute atomic E-state index is 14.2. The molecule has 0 aliphatic rings. The van der Waals surface area contributed by atoms with Crippen LogP contribution in [0.15, 0.2) is 27.6 Å². The van der Waals surface area contributed by atoms with Crippen molar-refractivity contribution in [3.8, 4) is 0 Å². The Morgan fingerprint density at radius 2 is 2.12 bits per heavy atom. The van der Waals surface area contributed by atoms with E-state index in [4.69, 9.17) is 5.73 Å². The number of halogens is 1. The molecule has 0 spiro atoms. The van der Waals surface area contributed by atoms with Gasteiger partial charge in [-0.15, -0.1) is 21.5 Å². The molecule has 10 heteroatoms. The van der Waals surface area contributed by atoms with Crippen LogP contribution in [0.2, 0.25) is 0 Å². The highest BCUT2D eigenvalue weighted by Crippen LogP contribution is 2.32. The Bertz CT molecular complexity index is 952. The number of aryl methyl sites for hydroxylation is 2. The molecule has 0 fully saturated rings. The molecule has 7 nitrogen and oxygen atoms in total. The first-order valence-corrected chi connectivity index (χ1v) is 8.91. The zero-order valence-electron chi connectivity index (χ0n) is 13.7. The van der Waals surface area contributed by atoms with E-state index in [1.54, 1.807) is 23.9 Å². The minimum absolute atomic E-state index is 0.0560. The summed E-state index contributed by atoms with van der Waals surface area (Å²) in [4.78, 5) is 16.9. The second kappa shape index (κ2) is 6.81. The molecule has 1 amide bonds. The second-order valence-electron chi connectivity index (χ2n) is 5.27. The third kappa shape index (κ3) is 3.64. The summed E-state index contributed by atoms with van der Waals surface area (Å²) >= 11 is 2.50. The number of nitrogens with one attached hydrogen (secondary N) is 1. The third-order valence-corrected chi connectivity index (χ3v) is 5.31. The average molecular weight is 378 g/mol. The molecule has 2 aromatic heterocycles. The summed E-state index contributed by atoms with van der Waals surface area (Å²) in [6.07, 6.45) is 0.